The number of halogens is 1. The van der Waals surface area contributed by atoms with Crippen LogP contribution in [0.3, 0.4) is 0 Å². The molecule has 0 aliphatic heterocycles. The molecule has 0 amide bonds. The fraction of sp³-hybridized carbons (Fsp3) is 0.350. The van der Waals surface area contributed by atoms with E-state index >= 15 is 0 Å². The summed E-state index contributed by atoms with van der Waals surface area (Å²) in [7, 11) is -2.23. The van der Waals surface area contributed by atoms with Crippen molar-refractivity contribution < 1.29 is 8.42 Å². The smallest absolute Gasteiger partial charge is 0.267 e. The summed E-state index contributed by atoms with van der Waals surface area (Å²) < 4.78 is 29.1. The summed E-state index contributed by atoms with van der Waals surface area (Å²) in [6.45, 7) is 6.27. The Hall–Kier alpha value is -2.45. The van der Waals surface area contributed by atoms with E-state index in [1.807, 2.05) is 25.1 Å². The second-order valence-electron chi connectivity index (χ2n) is 7.23. The van der Waals surface area contributed by atoms with Crippen LogP contribution in [0.25, 0.3) is 11.3 Å². The predicted octanol–water partition coefficient (Wildman–Crippen LogP) is 4.09. The summed E-state index contributed by atoms with van der Waals surface area (Å²) in [5.41, 5.74) is 3.50. The Balaban J connectivity index is 2.09. The van der Waals surface area contributed by atoms with Gasteiger partial charge in [-0.1, -0.05) is 56.6 Å². The lowest BCUT2D eigenvalue weighted by Gasteiger charge is -2.16. The van der Waals surface area contributed by atoms with Crippen LogP contribution in [-0.4, -0.2) is 28.2 Å². The van der Waals surface area contributed by atoms with Crippen LogP contribution >= 0.6 is 11.6 Å². The number of anilines is 1. The second kappa shape index (κ2) is 8.51. The maximum Gasteiger partial charge on any atom is 0.267 e. The minimum Gasteiger partial charge on any atom is -0.274 e. The molecule has 3 aromatic rings. The number of aromatic nitrogens is 4. The number of sulfonamides is 1. The highest BCUT2D eigenvalue weighted by atomic mass is 35.5. The molecule has 0 radical (unpaired) electrons. The van der Waals surface area contributed by atoms with Crippen LogP contribution in [-0.2, 0) is 29.9 Å². The van der Waals surface area contributed by atoms with E-state index in [4.69, 9.17) is 11.6 Å². The van der Waals surface area contributed by atoms with Crippen LogP contribution in [0.15, 0.2) is 41.6 Å². The highest BCUT2D eigenvalue weighted by Gasteiger charge is 2.21. The predicted molar refractivity (Wildman–Crippen MR) is 114 cm³/mol. The lowest BCUT2D eigenvalue weighted by molar-refractivity contribution is 0.600. The van der Waals surface area contributed by atoms with Crippen molar-refractivity contribution in [1.82, 2.24) is 19.7 Å². The molecule has 0 saturated heterocycles. The van der Waals surface area contributed by atoms with Gasteiger partial charge in [0.25, 0.3) is 10.0 Å². The minimum atomic E-state index is -3.87. The van der Waals surface area contributed by atoms with E-state index in [0.29, 0.717) is 18.0 Å². The molecule has 1 aromatic carbocycles. The number of aryl methyl sites for hydroxylation is 1. The van der Waals surface area contributed by atoms with Crippen molar-refractivity contribution in [3.05, 3.63) is 52.9 Å². The monoisotopic (exact) mass is 433 g/mol. The van der Waals surface area contributed by atoms with E-state index in [9.17, 15) is 8.42 Å². The van der Waals surface area contributed by atoms with Gasteiger partial charge in [0.2, 0.25) is 5.95 Å². The maximum absolute atomic E-state index is 12.7. The Morgan fingerprint density at radius 2 is 1.93 bits per heavy atom. The van der Waals surface area contributed by atoms with E-state index in [2.05, 4.69) is 39.7 Å². The van der Waals surface area contributed by atoms with Crippen LogP contribution in [0.5, 0.6) is 0 Å². The first-order valence-electron chi connectivity index (χ1n) is 9.37. The maximum atomic E-state index is 12.7. The standard InChI is InChI=1S/C20H24ClN5O2S/c1-5-16-18(17-9-7-6-8-14(17)10-13(2)3)23-20(24-19(16)21)25-29(27,28)15-11-22-26(4)12-15/h6-9,11-13H,5,10H2,1-4H3,(H,23,24,25). The summed E-state index contributed by atoms with van der Waals surface area (Å²) >= 11 is 6.42. The SMILES string of the molecule is CCc1c(Cl)nc(NS(=O)(=O)c2cnn(C)c2)nc1-c1ccccc1CC(C)C. The number of nitrogens with one attached hydrogen (secondary N) is 1. The van der Waals surface area contributed by atoms with Crippen LogP contribution < -0.4 is 4.72 Å². The molecular weight excluding hydrogens is 410 g/mol. The summed E-state index contributed by atoms with van der Waals surface area (Å²) in [4.78, 5) is 8.75. The fourth-order valence-electron chi connectivity index (χ4n) is 3.12. The summed E-state index contributed by atoms with van der Waals surface area (Å²) in [6.07, 6.45) is 4.17. The van der Waals surface area contributed by atoms with Crippen molar-refractivity contribution in [2.75, 3.05) is 4.72 Å². The van der Waals surface area contributed by atoms with Crippen molar-refractivity contribution in [2.24, 2.45) is 13.0 Å². The Labute approximate surface area is 176 Å². The van der Waals surface area contributed by atoms with Gasteiger partial charge in [-0.3, -0.25) is 4.68 Å². The van der Waals surface area contributed by atoms with E-state index in [0.717, 1.165) is 23.1 Å². The van der Waals surface area contributed by atoms with E-state index in [1.165, 1.54) is 17.1 Å². The number of benzene rings is 1. The van der Waals surface area contributed by atoms with Crippen molar-refractivity contribution >= 4 is 27.6 Å². The average Bonchev–Trinajstić information content (AvgIpc) is 3.08. The minimum absolute atomic E-state index is 0.0287. The summed E-state index contributed by atoms with van der Waals surface area (Å²) in [5.74, 6) is 0.396. The summed E-state index contributed by atoms with van der Waals surface area (Å²) in [6, 6.07) is 7.97. The van der Waals surface area contributed by atoms with Crippen molar-refractivity contribution in [3.8, 4) is 11.3 Å². The molecular formula is C20H24ClN5O2S. The van der Waals surface area contributed by atoms with Crippen LogP contribution in [0.4, 0.5) is 5.95 Å². The zero-order chi connectivity index (χ0) is 21.2. The van der Waals surface area contributed by atoms with Gasteiger partial charge in [0.05, 0.1) is 11.9 Å². The fourth-order valence-corrected chi connectivity index (χ4v) is 4.35. The van der Waals surface area contributed by atoms with Crippen molar-refractivity contribution in [3.63, 3.8) is 0 Å². The Kier molecular flexibility index (Phi) is 6.24. The Morgan fingerprint density at radius 3 is 2.55 bits per heavy atom. The molecule has 1 N–H and O–H groups in total. The third-order valence-corrected chi connectivity index (χ3v) is 6.02. The third-order valence-electron chi connectivity index (χ3n) is 4.43. The van der Waals surface area contributed by atoms with Gasteiger partial charge in [-0.25, -0.2) is 18.1 Å². The molecule has 0 aliphatic rings. The molecule has 0 bridgehead atoms. The highest BCUT2D eigenvalue weighted by Crippen LogP contribution is 2.32. The first-order valence-corrected chi connectivity index (χ1v) is 11.2. The molecule has 2 aromatic heterocycles. The molecule has 0 spiro atoms. The molecule has 7 nitrogen and oxygen atoms in total. The van der Waals surface area contributed by atoms with Crippen LogP contribution in [0, 0.1) is 5.92 Å². The normalized spacial score (nSPS) is 11.8. The van der Waals surface area contributed by atoms with Gasteiger partial charge in [0.15, 0.2) is 0 Å². The topological polar surface area (TPSA) is 89.8 Å². The van der Waals surface area contributed by atoms with Gasteiger partial charge >= 0.3 is 0 Å². The molecule has 3 rings (SSSR count). The van der Waals surface area contributed by atoms with Gasteiger partial charge in [-0.05, 0) is 24.3 Å². The first kappa shape index (κ1) is 21.3. The van der Waals surface area contributed by atoms with Crippen LogP contribution in [0.1, 0.15) is 31.9 Å². The molecule has 9 heteroatoms. The van der Waals surface area contributed by atoms with Gasteiger partial charge in [0.1, 0.15) is 10.0 Å². The van der Waals surface area contributed by atoms with Gasteiger partial charge in [0, 0.05) is 24.4 Å². The largest absolute Gasteiger partial charge is 0.274 e. The van der Waals surface area contributed by atoms with Gasteiger partial charge in [-0.2, -0.15) is 10.1 Å². The molecule has 0 aliphatic carbocycles. The van der Waals surface area contributed by atoms with E-state index in [1.54, 1.807) is 7.05 Å². The lowest BCUT2D eigenvalue weighted by atomic mass is 9.94. The molecule has 154 valence electrons. The van der Waals surface area contributed by atoms with E-state index < -0.39 is 10.0 Å². The average molecular weight is 434 g/mol. The molecule has 0 saturated carbocycles. The van der Waals surface area contributed by atoms with Crippen LogP contribution in [0.2, 0.25) is 5.15 Å². The quantitative estimate of drug-likeness (QED) is 0.566. The second-order valence-corrected chi connectivity index (χ2v) is 9.27. The van der Waals surface area contributed by atoms with Crippen molar-refractivity contribution in [1.29, 1.82) is 0 Å². The zero-order valence-electron chi connectivity index (χ0n) is 16.8. The lowest BCUT2D eigenvalue weighted by Crippen LogP contribution is -2.16. The molecule has 2 heterocycles. The molecule has 0 unspecified atom stereocenters. The number of rotatable bonds is 7. The first-order chi connectivity index (χ1) is 13.7. The highest BCUT2D eigenvalue weighted by molar-refractivity contribution is 7.92. The number of hydrogen-bond acceptors (Lipinski definition) is 5. The molecule has 29 heavy (non-hydrogen) atoms. The zero-order valence-corrected chi connectivity index (χ0v) is 18.4. The summed E-state index contributed by atoms with van der Waals surface area (Å²) in [5, 5.41) is 4.14. The third kappa shape index (κ3) is 4.76. The molecule has 0 atom stereocenters. The number of nitrogens with zero attached hydrogens (tertiary/aromatic N) is 4. The van der Waals surface area contributed by atoms with Crippen molar-refractivity contribution in [2.45, 2.75) is 38.5 Å². The molecule has 0 fully saturated rings. The Morgan fingerprint density at radius 1 is 1.21 bits per heavy atom. The number of hydrogen-bond donors (Lipinski definition) is 1. The van der Waals surface area contributed by atoms with Gasteiger partial charge < -0.3 is 0 Å². The van der Waals surface area contributed by atoms with Gasteiger partial charge in [-0.15, -0.1) is 0 Å². The van der Waals surface area contributed by atoms with E-state index in [-0.39, 0.29) is 16.0 Å². The Bertz CT molecular complexity index is 1130.